The van der Waals surface area contributed by atoms with Crippen molar-refractivity contribution in [3.8, 4) is 0 Å². The van der Waals surface area contributed by atoms with Gasteiger partial charge in [-0.2, -0.15) is 0 Å². The highest BCUT2D eigenvalue weighted by atomic mass is 79.9. The zero-order chi connectivity index (χ0) is 12.3. The van der Waals surface area contributed by atoms with Gasteiger partial charge in [0.25, 0.3) is 5.91 Å². The number of carbonyl (C=O) groups is 1. The molecule has 0 radical (unpaired) electrons. The highest BCUT2D eigenvalue weighted by molar-refractivity contribution is 9.10. The lowest BCUT2D eigenvalue weighted by atomic mass is 10.0. The summed E-state index contributed by atoms with van der Waals surface area (Å²) in [5.41, 5.74) is 0.0401. The Morgan fingerprint density at radius 3 is 2.50 bits per heavy atom. The van der Waals surface area contributed by atoms with Gasteiger partial charge >= 0.3 is 0 Å². The molecular formula is C12H16BrNO2. The van der Waals surface area contributed by atoms with Gasteiger partial charge in [0.2, 0.25) is 0 Å². The van der Waals surface area contributed by atoms with E-state index in [0.29, 0.717) is 5.56 Å². The van der Waals surface area contributed by atoms with Gasteiger partial charge in [0.15, 0.2) is 0 Å². The Morgan fingerprint density at radius 1 is 1.44 bits per heavy atom. The minimum absolute atomic E-state index is 0.0697. The molecule has 88 valence electrons. The predicted octanol–water partition coefficient (Wildman–Crippen LogP) is 2.29. The molecule has 0 aliphatic rings. The summed E-state index contributed by atoms with van der Waals surface area (Å²) in [6.45, 7) is 3.57. The monoisotopic (exact) mass is 285 g/mol. The second-order valence-electron chi connectivity index (χ2n) is 4.31. The van der Waals surface area contributed by atoms with Crippen LogP contribution in [0.4, 0.5) is 0 Å². The van der Waals surface area contributed by atoms with Gasteiger partial charge < -0.3 is 10.0 Å². The number of carbonyl (C=O) groups excluding carboxylic acids is 1. The molecule has 16 heavy (non-hydrogen) atoms. The highest BCUT2D eigenvalue weighted by Gasteiger charge is 2.28. The Balaban J connectivity index is 3.00. The smallest absolute Gasteiger partial charge is 0.255 e. The van der Waals surface area contributed by atoms with E-state index in [1.807, 2.05) is 32.0 Å². The summed E-state index contributed by atoms with van der Waals surface area (Å²) in [5, 5.41) is 9.22. The molecule has 0 saturated carbocycles. The molecule has 0 unspecified atom stereocenters. The van der Waals surface area contributed by atoms with Crippen LogP contribution in [0.25, 0.3) is 0 Å². The molecule has 0 atom stereocenters. The fourth-order valence-electron chi connectivity index (χ4n) is 1.20. The largest absolute Gasteiger partial charge is 0.394 e. The number of likely N-dealkylation sites (N-methyl/N-ethyl adjacent to an activating group) is 1. The summed E-state index contributed by atoms with van der Waals surface area (Å²) < 4.78 is 0.764. The standard InChI is InChI=1S/C12H16BrNO2/c1-12(2,8-15)14(3)11(16)9-6-4-5-7-10(9)13/h4-7,15H,8H2,1-3H3. The topological polar surface area (TPSA) is 40.5 Å². The lowest BCUT2D eigenvalue weighted by molar-refractivity contribution is 0.0472. The number of hydrogen-bond donors (Lipinski definition) is 1. The molecule has 0 saturated heterocycles. The SMILES string of the molecule is CN(C(=O)c1ccccc1Br)C(C)(C)CO. The maximum atomic E-state index is 12.2. The van der Waals surface area contributed by atoms with Crippen molar-refractivity contribution in [2.45, 2.75) is 19.4 Å². The van der Waals surface area contributed by atoms with E-state index in [9.17, 15) is 9.90 Å². The first-order valence-corrected chi connectivity index (χ1v) is 5.83. The van der Waals surface area contributed by atoms with Crippen LogP contribution in [0.5, 0.6) is 0 Å². The third-order valence-electron chi connectivity index (χ3n) is 2.70. The van der Waals surface area contributed by atoms with E-state index in [0.717, 1.165) is 4.47 Å². The summed E-state index contributed by atoms with van der Waals surface area (Å²) >= 11 is 3.34. The molecule has 4 heteroatoms. The van der Waals surface area contributed by atoms with E-state index in [2.05, 4.69) is 15.9 Å². The van der Waals surface area contributed by atoms with Gasteiger partial charge in [-0.3, -0.25) is 4.79 Å². The number of amides is 1. The number of aliphatic hydroxyl groups is 1. The van der Waals surface area contributed by atoms with Crippen molar-refractivity contribution in [3.05, 3.63) is 34.3 Å². The van der Waals surface area contributed by atoms with E-state index in [4.69, 9.17) is 0 Å². The first kappa shape index (κ1) is 13.2. The van der Waals surface area contributed by atoms with E-state index in [1.165, 1.54) is 0 Å². The fourth-order valence-corrected chi connectivity index (χ4v) is 1.65. The fraction of sp³-hybridized carbons (Fsp3) is 0.417. The summed E-state index contributed by atoms with van der Waals surface area (Å²) in [4.78, 5) is 13.7. The molecule has 0 aliphatic carbocycles. The first-order chi connectivity index (χ1) is 7.40. The van der Waals surface area contributed by atoms with Crippen molar-refractivity contribution in [3.63, 3.8) is 0 Å². The Labute approximate surface area is 104 Å². The zero-order valence-corrected chi connectivity index (χ0v) is 11.3. The molecular weight excluding hydrogens is 270 g/mol. The maximum Gasteiger partial charge on any atom is 0.255 e. The number of hydrogen-bond acceptors (Lipinski definition) is 2. The molecule has 0 aliphatic heterocycles. The van der Waals surface area contributed by atoms with Crippen molar-refractivity contribution in [2.75, 3.05) is 13.7 Å². The third kappa shape index (κ3) is 2.62. The molecule has 3 nitrogen and oxygen atoms in total. The van der Waals surface area contributed by atoms with Crippen molar-refractivity contribution in [1.82, 2.24) is 4.90 Å². The van der Waals surface area contributed by atoms with Gasteiger partial charge in [-0.15, -0.1) is 0 Å². The highest BCUT2D eigenvalue weighted by Crippen LogP contribution is 2.21. The van der Waals surface area contributed by atoms with Crippen LogP contribution in [-0.4, -0.2) is 35.1 Å². The lowest BCUT2D eigenvalue weighted by Gasteiger charge is -2.34. The number of aliphatic hydroxyl groups excluding tert-OH is 1. The van der Waals surface area contributed by atoms with Crippen molar-refractivity contribution < 1.29 is 9.90 Å². The Hall–Kier alpha value is -0.870. The van der Waals surface area contributed by atoms with Crippen LogP contribution in [0, 0.1) is 0 Å². The molecule has 0 aromatic heterocycles. The lowest BCUT2D eigenvalue weighted by Crippen LogP contribution is -2.47. The van der Waals surface area contributed by atoms with Gasteiger partial charge in [0.1, 0.15) is 0 Å². The molecule has 0 bridgehead atoms. The quantitative estimate of drug-likeness (QED) is 0.926. The number of halogens is 1. The van der Waals surface area contributed by atoms with Crippen LogP contribution in [0.2, 0.25) is 0 Å². The van der Waals surface area contributed by atoms with E-state index < -0.39 is 5.54 Å². The predicted molar refractivity (Wildman–Crippen MR) is 67.4 cm³/mol. The molecule has 0 heterocycles. The van der Waals surface area contributed by atoms with E-state index in [-0.39, 0.29) is 12.5 Å². The molecule has 1 amide bonds. The van der Waals surface area contributed by atoms with Gasteiger partial charge in [-0.05, 0) is 41.9 Å². The molecule has 1 aromatic carbocycles. The van der Waals surface area contributed by atoms with Crippen LogP contribution >= 0.6 is 15.9 Å². The Morgan fingerprint density at radius 2 is 2.00 bits per heavy atom. The second-order valence-corrected chi connectivity index (χ2v) is 5.17. The summed E-state index contributed by atoms with van der Waals surface area (Å²) in [6, 6.07) is 7.26. The van der Waals surface area contributed by atoms with E-state index >= 15 is 0 Å². The first-order valence-electron chi connectivity index (χ1n) is 5.03. The number of nitrogens with zero attached hydrogens (tertiary/aromatic N) is 1. The minimum atomic E-state index is -0.563. The van der Waals surface area contributed by atoms with E-state index in [1.54, 1.807) is 18.0 Å². The van der Waals surface area contributed by atoms with Crippen LogP contribution in [0.15, 0.2) is 28.7 Å². The van der Waals surface area contributed by atoms with Gasteiger partial charge in [0.05, 0.1) is 17.7 Å². The summed E-state index contributed by atoms with van der Waals surface area (Å²) in [5.74, 6) is -0.105. The average molecular weight is 286 g/mol. The average Bonchev–Trinajstić information content (AvgIpc) is 2.27. The molecule has 1 rings (SSSR count). The Bertz CT molecular complexity index is 390. The third-order valence-corrected chi connectivity index (χ3v) is 3.40. The van der Waals surface area contributed by atoms with Crippen molar-refractivity contribution in [1.29, 1.82) is 0 Å². The zero-order valence-electron chi connectivity index (χ0n) is 9.70. The number of rotatable bonds is 3. The molecule has 1 aromatic rings. The van der Waals surface area contributed by atoms with Crippen molar-refractivity contribution >= 4 is 21.8 Å². The van der Waals surface area contributed by atoms with Crippen LogP contribution in [0.1, 0.15) is 24.2 Å². The number of benzene rings is 1. The van der Waals surface area contributed by atoms with Crippen LogP contribution in [-0.2, 0) is 0 Å². The van der Waals surface area contributed by atoms with Crippen LogP contribution in [0.3, 0.4) is 0 Å². The van der Waals surface area contributed by atoms with Crippen molar-refractivity contribution in [2.24, 2.45) is 0 Å². The Kier molecular flexibility index (Phi) is 4.10. The van der Waals surface area contributed by atoms with Gasteiger partial charge in [0, 0.05) is 11.5 Å². The molecule has 0 fully saturated rings. The molecule has 0 spiro atoms. The van der Waals surface area contributed by atoms with Gasteiger partial charge in [-0.1, -0.05) is 12.1 Å². The van der Waals surface area contributed by atoms with Gasteiger partial charge in [-0.25, -0.2) is 0 Å². The van der Waals surface area contributed by atoms with Crippen LogP contribution < -0.4 is 0 Å². The maximum absolute atomic E-state index is 12.2. The minimum Gasteiger partial charge on any atom is -0.394 e. The summed E-state index contributed by atoms with van der Waals surface area (Å²) in [6.07, 6.45) is 0. The second kappa shape index (κ2) is 4.97. The normalized spacial score (nSPS) is 11.3. The summed E-state index contributed by atoms with van der Waals surface area (Å²) in [7, 11) is 1.69. The molecule has 1 N–H and O–H groups in total.